The van der Waals surface area contributed by atoms with Crippen LogP contribution in [0.2, 0.25) is 0 Å². The highest BCUT2D eigenvalue weighted by Crippen LogP contribution is 2.49. The third-order valence-electron chi connectivity index (χ3n) is 11.5. The maximum atomic E-state index is 5.26. The van der Waals surface area contributed by atoms with Gasteiger partial charge in [-0.15, -0.1) is 0 Å². The van der Waals surface area contributed by atoms with Gasteiger partial charge in [-0.25, -0.2) is 9.97 Å². The van der Waals surface area contributed by atoms with Crippen molar-refractivity contribution < 1.29 is 0 Å². The molecule has 58 heavy (non-hydrogen) atoms. The van der Waals surface area contributed by atoms with Gasteiger partial charge in [-0.3, -0.25) is 0 Å². The molecule has 0 N–H and O–H groups in total. The maximum absolute atomic E-state index is 5.26. The maximum Gasteiger partial charge on any atom is 0.160 e. The van der Waals surface area contributed by atoms with Crippen LogP contribution >= 0.6 is 0 Å². The minimum absolute atomic E-state index is 0.693. The lowest BCUT2D eigenvalue weighted by Gasteiger charge is -2.13. The Kier molecular flexibility index (Phi) is 8.19. The van der Waals surface area contributed by atoms with Gasteiger partial charge in [0.1, 0.15) is 0 Å². The standard InChI is InChI=1S/C56H36N2/c1-4-13-37(14-5-1)44-33-45(38-15-6-2-7-16-38)35-46(34-44)54-36-53(42-17-8-3-9-18-42)57-56(58-54)43-29-25-40(26-30-43)39-23-27-41(28-24-39)47-31-32-52-49-20-11-10-19-48(49)51-22-12-21-50(47)55(51)52/h1-36H. The molecule has 2 heteroatoms. The molecule has 0 unspecified atom stereocenters. The van der Waals surface area contributed by atoms with Crippen molar-refractivity contribution >= 4 is 10.8 Å². The minimum atomic E-state index is 0.693. The van der Waals surface area contributed by atoms with Gasteiger partial charge >= 0.3 is 0 Å². The van der Waals surface area contributed by atoms with E-state index in [0.29, 0.717) is 5.82 Å². The molecule has 9 aromatic carbocycles. The highest BCUT2D eigenvalue weighted by molar-refractivity contribution is 6.18. The first-order valence-corrected chi connectivity index (χ1v) is 19.8. The Balaban J connectivity index is 0.954. The van der Waals surface area contributed by atoms with Crippen LogP contribution in [-0.4, -0.2) is 9.97 Å². The number of hydrogen-bond donors (Lipinski definition) is 0. The van der Waals surface area contributed by atoms with Crippen molar-refractivity contribution in [1.82, 2.24) is 9.97 Å². The van der Waals surface area contributed by atoms with E-state index in [0.717, 1.165) is 44.8 Å². The molecule has 0 aliphatic heterocycles. The van der Waals surface area contributed by atoms with Crippen molar-refractivity contribution in [3.8, 4) is 101 Å². The van der Waals surface area contributed by atoms with Gasteiger partial charge in [-0.05, 0) is 102 Å². The van der Waals surface area contributed by atoms with E-state index >= 15 is 0 Å². The Morgan fingerprint density at radius 3 is 1.22 bits per heavy atom. The molecule has 0 fully saturated rings. The lowest BCUT2D eigenvalue weighted by Crippen LogP contribution is -1.96. The monoisotopic (exact) mass is 736 g/mol. The first-order chi connectivity index (χ1) is 28.7. The minimum Gasteiger partial charge on any atom is -0.228 e. The summed E-state index contributed by atoms with van der Waals surface area (Å²) in [5, 5.41) is 2.64. The van der Waals surface area contributed by atoms with E-state index in [-0.39, 0.29) is 0 Å². The zero-order valence-corrected chi connectivity index (χ0v) is 31.7. The Morgan fingerprint density at radius 1 is 0.224 bits per heavy atom. The molecule has 1 heterocycles. The molecule has 270 valence electrons. The van der Waals surface area contributed by atoms with Crippen LogP contribution in [0.15, 0.2) is 218 Å². The summed E-state index contributed by atoms with van der Waals surface area (Å²) in [4.78, 5) is 10.4. The Morgan fingerprint density at radius 2 is 0.638 bits per heavy atom. The van der Waals surface area contributed by atoms with Crippen LogP contribution < -0.4 is 0 Å². The van der Waals surface area contributed by atoms with E-state index < -0.39 is 0 Å². The van der Waals surface area contributed by atoms with Gasteiger partial charge in [0.2, 0.25) is 0 Å². The van der Waals surface area contributed by atoms with Crippen molar-refractivity contribution in [3.63, 3.8) is 0 Å². The van der Waals surface area contributed by atoms with E-state index in [9.17, 15) is 0 Å². The second kappa shape index (κ2) is 14.1. The van der Waals surface area contributed by atoms with E-state index in [1.807, 2.05) is 6.07 Å². The van der Waals surface area contributed by atoms with Crippen LogP contribution in [0.5, 0.6) is 0 Å². The second-order valence-corrected chi connectivity index (χ2v) is 14.9. The third-order valence-corrected chi connectivity index (χ3v) is 11.5. The average Bonchev–Trinajstić information content (AvgIpc) is 3.64. The lowest BCUT2D eigenvalue weighted by atomic mass is 9.93. The van der Waals surface area contributed by atoms with E-state index in [4.69, 9.17) is 9.97 Å². The van der Waals surface area contributed by atoms with Crippen LogP contribution in [0.25, 0.3) is 111 Å². The van der Waals surface area contributed by atoms with Crippen molar-refractivity contribution in [2.24, 2.45) is 0 Å². The Labute approximate surface area is 338 Å². The molecule has 0 bridgehead atoms. The van der Waals surface area contributed by atoms with Crippen LogP contribution in [-0.2, 0) is 0 Å². The van der Waals surface area contributed by atoms with Gasteiger partial charge in [-0.1, -0.05) is 194 Å². The summed E-state index contributed by atoms with van der Waals surface area (Å²) in [7, 11) is 0. The molecule has 10 aromatic rings. The number of hydrogen-bond acceptors (Lipinski definition) is 2. The zero-order valence-electron chi connectivity index (χ0n) is 31.7. The number of benzene rings is 9. The van der Waals surface area contributed by atoms with Crippen molar-refractivity contribution in [1.29, 1.82) is 0 Å². The number of fused-ring (bicyclic) bond motifs is 3. The highest BCUT2D eigenvalue weighted by Gasteiger charge is 2.22. The van der Waals surface area contributed by atoms with Gasteiger partial charge in [0.15, 0.2) is 5.82 Å². The Bertz CT molecular complexity index is 3030. The summed E-state index contributed by atoms with van der Waals surface area (Å²) in [5.41, 5.74) is 19.5. The van der Waals surface area contributed by atoms with Crippen molar-refractivity contribution in [3.05, 3.63) is 218 Å². The largest absolute Gasteiger partial charge is 0.228 e. The van der Waals surface area contributed by atoms with Crippen LogP contribution in [0.4, 0.5) is 0 Å². The molecule has 1 aliphatic rings. The van der Waals surface area contributed by atoms with E-state index in [1.54, 1.807) is 0 Å². The zero-order chi connectivity index (χ0) is 38.4. The molecule has 0 spiro atoms. The second-order valence-electron chi connectivity index (χ2n) is 14.9. The van der Waals surface area contributed by atoms with Gasteiger partial charge in [0, 0.05) is 16.7 Å². The van der Waals surface area contributed by atoms with E-state index in [1.165, 1.54) is 60.8 Å². The molecule has 0 saturated heterocycles. The molecule has 0 atom stereocenters. The Hall–Kier alpha value is -7.68. The topological polar surface area (TPSA) is 25.8 Å². The summed E-state index contributed by atoms with van der Waals surface area (Å²) >= 11 is 0. The van der Waals surface area contributed by atoms with Crippen molar-refractivity contribution in [2.45, 2.75) is 0 Å². The summed E-state index contributed by atoms with van der Waals surface area (Å²) in [6.07, 6.45) is 0. The predicted molar refractivity (Wildman–Crippen MR) is 242 cm³/mol. The van der Waals surface area contributed by atoms with E-state index in [2.05, 4.69) is 212 Å². The number of aromatic nitrogens is 2. The third kappa shape index (κ3) is 6.00. The summed E-state index contributed by atoms with van der Waals surface area (Å²) in [6, 6.07) is 78.1. The normalized spacial score (nSPS) is 11.4. The molecule has 0 radical (unpaired) electrons. The SMILES string of the molecule is c1ccc(-c2cc(-c3ccccc3)cc(-c3cc(-c4ccccc4)nc(-c4ccc(-c5ccc(-c6ccc7c8c(cccc68)-c6ccccc6-7)cc5)cc4)n3)c2)cc1. The van der Waals surface area contributed by atoms with Crippen LogP contribution in [0, 0.1) is 0 Å². The summed E-state index contributed by atoms with van der Waals surface area (Å²) < 4.78 is 0. The fraction of sp³-hybridized carbons (Fsp3) is 0. The summed E-state index contributed by atoms with van der Waals surface area (Å²) in [5.74, 6) is 0.693. The lowest BCUT2D eigenvalue weighted by molar-refractivity contribution is 1.18. The fourth-order valence-corrected chi connectivity index (χ4v) is 8.57. The summed E-state index contributed by atoms with van der Waals surface area (Å²) in [6.45, 7) is 0. The van der Waals surface area contributed by atoms with Gasteiger partial charge in [0.05, 0.1) is 11.4 Å². The molecule has 11 rings (SSSR count). The molecular formula is C56H36N2. The smallest absolute Gasteiger partial charge is 0.160 e. The molecule has 1 aromatic heterocycles. The number of nitrogens with zero attached hydrogens (tertiary/aromatic N) is 2. The predicted octanol–water partition coefficient (Wildman–Crippen LogP) is 14.9. The molecule has 0 saturated carbocycles. The first kappa shape index (κ1) is 33.6. The van der Waals surface area contributed by atoms with Crippen LogP contribution in [0.3, 0.4) is 0 Å². The first-order valence-electron chi connectivity index (χ1n) is 19.8. The van der Waals surface area contributed by atoms with Gasteiger partial charge in [-0.2, -0.15) is 0 Å². The number of rotatable bonds is 7. The molecule has 1 aliphatic carbocycles. The quantitative estimate of drug-likeness (QED) is 0.163. The van der Waals surface area contributed by atoms with Crippen LogP contribution in [0.1, 0.15) is 0 Å². The molecular weight excluding hydrogens is 701 g/mol. The van der Waals surface area contributed by atoms with Gasteiger partial charge < -0.3 is 0 Å². The molecule has 2 nitrogen and oxygen atoms in total. The van der Waals surface area contributed by atoms with Gasteiger partial charge in [0.25, 0.3) is 0 Å². The van der Waals surface area contributed by atoms with Crippen molar-refractivity contribution in [2.75, 3.05) is 0 Å². The highest BCUT2D eigenvalue weighted by atomic mass is 14.9. The fourth-order valence-electron chi connectivity index (χ4n) is 8.57. The molecule has 0 amide bonds. The average molecular weight is 737 g/mol.